The summed E-state index contributed by atoms with van der Waals surface area (Å²) in [7, 11) is 0. The van der Waals surface area contributed by atoms with E-state index in [4.69, 9.17) is 5.84 Å². The Labute approximate surface area is 68.8 Å². The van der Waals surface area contributed by atoms with Gasteiger partial charge in [0.05, 0.1) is 0 Å². The van der Waals surface area contributed by atoms with Crippen LogP contribution in [-0.4, -0.2) is 6.04 Å². The molecule has 1 rings (SSSR count). The van der Waals surface area contributed by atoms with Gasteiger partial charge >= 0.3 is 0 Å². The maximum absolute atomic E-state index is 5.38. The summed E-state index contributed by atoms with van der Waals surface area (Å²) in [5, 5.41) is 0. The van der Waals surface area contributed by atoms with Crippen molar-refractivity contribution in [3.8, 4) is 0 Å². The third kappa shape index (κ3) is 2.64. The molecule has 0 saturated heterocycles. The average molecular weight is 154 g/mol. The lowest BCUT2D eigenvalue weighted by atomic mass is 10.0. The first-order valence-electron chi connectivity index (χ1n) is 4.50. The van der Waals surface area contributed by atoms with Crippen LogP contribution in [0.4, 0.5) is 0 Å². The molecule has 11 heavy (non-hydrogen) atoms. The zero-order chi connectivity index (χ0) is 8.10. The smallest absolute Gasteiger partial charge is 0.0245 e. The molecule has 0 fully saturated rings. The van der Waals surface area contributed by atoms with Gasteiger partial charge < -0.3 is 0 Å². The molecule has 1 aliphatic rings. The first-order chi connectivity index (χ1) is 5.36. The van der Waals surface area contributed by atoms with Crippen molar-refractivity contribution in [2.75, 3.05) is 0 Å². The van der Waals surface area contributed by atoms with Crippen LogP contribution in [0, 0.1) is 0 Å². The minimum absolute atomic E-state index is 0.486. The fourth-order valence-electron chi connectivity index (χ4n) is 1.56. The molecule has 0 spiro atoms. The van der Waals surface area contributed by atoms with Crippen LogP contribution in [0.5, 0.6) is 0 Å². The molecule has 0 radical (unpaired) electrons. The largest absolute Gasteiger partial charge is 0.271 e. The highest BCUT2D eigenvalue weighted by atomic mass is 15.2. The Bertz CT molecular complexity index is 136. The minimum Gasteiger partial charge on any atom is -0.271 e. The second-order valence-electron chi connectivity index (χ2n) is 3.23. The van der Waals surface area contributed by atoms with Crippen LogP contribution in [0.1, 0.15) is 39.0 Å². The number of allylic oxidation sites excluding steroid dienone is 1. The lowest BCUT2D eigenvalue weighted by Crippen LogP contribution is -2.34. The van der Waals surface area contributed by atoms with E-state index < -0.39 is 0 Å². The monoisotopic (exact) mass is 154 g/mol. The van der Waals surface area contributed by atoms with E-state index in [1.54, 1.807) is 5.57 Å². The molecule has 0 aromatic carbocycles. The van der Waals surface area contributed by atoms with Crippen molar-refractivity contribution < 1.29 is 0 Å². The van der Waals surface area contributed by atoms with Gasteiger partial charge in [0, 0.05) is 6.04 Å². The van der Waals surface area contributed by atoms with E-state index in [9.17, 15) is 0 Å². The van der Waals surface area contributed by atoms with Crippen LogP contribution in [0.2, 0.25) is 0 Å². The molecule has 0 bridgehead atoms. The van der Waals surface area contributed by atoms with Crippen molar-refractivity contribution >= 4 is 0 Å². The molecule has 3 N–H and O–H groups in total. The van der Waals surface area contributed by atoms with E-state index >= 15 is 0 Å². The minimum atomic E-state index is 0.486. The zero-order valence-electron chi connectivity index (χ0n) is 7.27. The number of nitrogens with two attached hydrogens (primary N) is 1. The van der Waals surface area contributed by atoms with E-state index in [-0.39, 0.29) is 0 Å². The van der Waals surface area contributed by atoms with Crippen molar-refractivity contribution in [3.63, 3.8) is 0 Å². The summed E-state index contributed by atoms with van der Waals surface area (Å²) >= 11 is 0. The van der Waals surface area contributed by atoms with Crippen molar-refractivity contribution in [2.24, 2.45) is 5.84 Å². The summed E-state index contributed by atoms with van der Waals surface area (Å²) in [6.07, 6.45) is 8.53. The maximum Gasteiger partial charge on any atom is 0.0245 e. The number of rotatable bonds is 4. The molecule has 1 aliphatic carbocycles. The van der Waals surface area contributed by atoms with Gasteiger partial charge in [0.1, 0.15) is 0 Å². The van der Waals surface area contributed by atoms with Crippen molar-refractivity contribution in [2.45, 2.75) is 45.1 Å². The van der Waals surface area contributed by atoms with E-state index in [2.05, 4.69) is 18.4 Å². The SMILES string of the molecule is CCC(CC1=CCCC1)NN. The Balaban J connectivity index is 2.27. The van der Waals surface area contributed by atoms with Gasteiger partial charge in [-0.05, 0) is 32.1 Å². The Morgan fingerprint density at radius 2 is 2.55 bits per heavy atom. The fourth-order valence-corrected chi connectivity index (χ4v) is 1.56. The average Bonchev–Trinajstić information content (AvgIpc) is 2.52. The van der Waals surface area contributed by atoms with Gasteiger partial charge in [-0.25, -0.2) is 0 Å². The molecule has 0 heterocycles. The molecule has 1 atom stereocenters. The van der Waals surface area contributed by atoms with Gasteiger partial charge in [-0.3, -0.25) is 11.3 Å². The highest BCUT2D eigenvalue weighted by Gasteiger charge is 2.09. The molecule has 2 nitrogen and oxygen atoms in total. The van der Waals surface area contributed by atoms with Gasteiger partial charge in [0.15, 0.2) is 0 Å². The second kappa shape index (κ2) is 4.52. The van der Waals surface area contributed by atoms with Gasteiger partial charge in [0.2, 0.25) is 0 Å². The lowest BCUT2D eigenvalue weighted by molar-refractivity contribution is 0.505. The zero-order valence-corrected chi connectivity index (χ0v) is 7.27. The van der Waals surface area contributed by atoms with Gasteiger partial charge in [-0.1, -0.05) is 18.6 Å². The molecular formula is C9H18N2. The van der Waals surface area contributed by atoms with Crippen molar-refractivity contribution in [1.82, 2.24) is 5.43 Å². The van der Waals surface area contributed by atoms with E-state index in [1.165, 1.54) is 19.3 Å². The van der Waals surface area contributed by atoms with Crippen LogP contribution in [-0.2, 0) is 0 Å². The summed E-state index contributed by atoms with van der Waals surface area (Å²) in [6.45, 7) is 2.17. The van der Waals surface area contributed by atoms with Gasteiger partial charge in [0.25, 0.3) is 0 Å². The van der Waals surface area contributed by atoms with Gasteiger partial charge in [-0.2, -0.15) is 0 Å². The quantitative estimate of drug-likeness (QED) is 0.367. The van der Waals surface area contributed by atoms with Crippen LogP contribution in [0.3, 0.4) is 0 Å². The highest BCUT2D eigenvalue weighted by molar-refractivity contribution is 5.08. The summed E-state index contributed by atoms with van der Waals surface area (Å²) < 4.78 is 0. The molecule has 0 aliphatic heterocycles. The summed E-state index contributed by atoms with van der Waals surface area (Å²) in [5.74, 6) is 5.38. The number of hydrogen-bond donors (Lipinski definition) is 2. The summed E-state index contributed by atoms with van der Waals surface area (Å²) in [5.41, 5.74) is 4.43. The third-order valence-corrected chi connectivity index (χ3v) is 2.37. The lowest BCUT2D eigenvalue weighted by Gasteiger charge is -2.13. The molecule has 0 aromatic rings. The highest BCUT2D eigenvalue weighted by Crippen LogP contribution is 2.22. The van der Waals surface area contributed by atoms with Crippen LogP contribution < -0.4 is 11.3 Å². The summed E-state index contributed by atoms with van der Waals surface area (Å²) in [4.78, 5) is 0. The third-order valence-electron chi connectivity index (χ3n) is 2.37. The summed E-state index contributed by atoms with van der Waals surface area (Å²) in [6, 6.07) is 0.486. The number of nitrogens with one attached hydrogen (secondary N) is 1. The second-order valence-corrected chi connectivity index (χ2v) is 3.23. The molecule has 0 amide bonds. The molecule has 0 aromatic heterocycles. The van der Waals surface area contributed by atoms with Gasteiger partial charge in [-0.15, -0.1) is 0 Å². The first-order valence-corrected chi connectivity index (χ1v) is 4.50. The van der Waals surface area contributed by atoms with Crippen molar-refractivity contribution in [3.05, 3.63) is 11.6 Å². The molecule has 2 heteroatoms. The Morgan fingerprint density at radius 3 is 3.00 bits per heavy atom. The van der Waals surface area contributed by atoms with E-state index in [1.807, 2.05) is 0 Å². The molecule has 0 saturated carbocycles. The molecular weight excluding hydrogens is 136 g/mol. The fraction of sp³-hybridized carbons (Fsp3) is 0.778. The standard InChI is InChI=1S/C9H18N2/c1-2-9(11-10)7-8-5-3-4-6-8/h5,9,11H,2-4,6-7,10H2,1H3. The Kier molecular flexibility index (Phi) is 3.60. The first kappa shape index (κ1) is 8.75. The van der Waals surface area contributed by atoms with E-state index in [0.717, 1.165) is 12.8 Å². The normalized spacial score (nSPS) is 20.0. The predicted molar refractivity (Wildman–Crippen MR) is 48.0 cm³/mol. The molecule has 64 valence electrons. The topological polar surface area (TPSA) is 38.0 Å². The Morgan fingerprint density at radius 1 is 1.73 bits per heavy atom. The van der Waals surface area contributed by atoms with Crippen LogP contribution >= 0.6 is 0 Å². The number of hydrazine groups is 1. The molecule has 1 unspecified atom stereocenters. The van der Waals surface area contributed by atoms with Crippen molar-refractivity contribution in [1.29, 1.82) is 0 Å². The van der Waals surface area contributed by atoms with Crippen LogP contribution in [0.15, 0.2) is 11.6 Å². The van der Waals surface area contributed by atoms with E-state index in [0.29, 0.717) is 6.04 Å². The Hall–Kier alpha value is -0.340. The number of hydrogen-bond acceptors (Lipinski definition) is 2. The van der Waals surface area contributed by atoms with Crippen LogP contribution in [0.25, 0.3) is 0 Å². The maximum atomic E-state index is 5.38. The predicted octanol–water partition coefficient (Wildman–Crippen LogP) is 1.73.